The predicted molar refractivity (Wildman–Crippen MR) is 85.7 cm³/mol. The molecule has 6 nitrogen and oxygen atoms in total. The van der Waals surface area contributed by atoms with Crippen LogP contribution in [0.15, 0.2) is 12.1 Å². The molecule has 7 heteroatoms. The molecule has 0 heterocycles. The molecule has 0 spiro atoms. The Morgan fingerprint density at radius 1 is 1.32 bits per heavy atom. The lowest BCUT2D eigenvalue weighted by atomic mass is 10.1. The molecule has 1 amide bonds. The van der Waals surface area contributed by atoms with E-state index in [2.05, 4.69) is 5.32 Å². The van der Waals surface area contributed by atoms with Crippen LogP contribution < -0.4 is 20.5 Å². The van der Waals surface area contributed by atoms with Crippen LogP contribution in [0.5, 0.6) is 11.5 Å². The second-order valence-corrected chi connectivity index (χ2v) is 6.10. The highest BCUT2D eigenvalue weighted by atomic mass is 35.5. The normalized spacial score (nSPS) is 12.5. The molecule has 1 rings (SSSR count). The molecule has 22 heavy (non-hydrogen) atoms. The molecule has 0 saturated carbocycles. The third-order valence-corrected chi connectivity index (χ3v) is 2.99. The molecule has 0 bridgehead atoms. The molecule has 3 N–H and O–H groups in total. The van der Waals surface area contributed by atoms with Gasteiger partial charge in [0.1, 0.15) is 5.60 Å². The lowest BCUT2D eigenvalue weighted by molar-refractivity contribution is 0.0504. The summed E-state index contributed by atoms with van der Waals surface area (Å²) >= 11 is 6.08. The third-order valence-electron chi connectivity index (χ3n) is 2.77. The van der Waals surface area contributed by atoms with Crippen molar-refractivity contribution in [2.24, 2.45) is 5.73 Å². The molecule has 1 unspecified atom stereocenters. The van der Waals surface area contributed by atoms with E-state index >= 15 is 0 Å². The summed E-state index contributed by atoms with van der Waals surface area (Å²) in [6, 6.07) is 2.79. The first kappa shape index (κ1) is 18.4. The van der Waals surface area contributed by atoms with E-state index < -0.39 is 17.7 Å². The van der Waals surface area contributed by atoms with E-state index in [0.717, 1.165) is 0 Å². The first-order chi connectivity index (χ1) is 10.2. The molecule has 0 aliphatic carbocycles. The average molecular weight is 331 g/mol. The number of carbonyl (C=O) groups is 1. The van der Waals surface area contributed by atoms with Gasteiger partial charge < -0.3 is 25.3 Å². The highest BCUT2D eigenvalue weighted by molar-refractivity contribution is 6.30. The summed E-state index contributed by atoms with van der Waals surface area (Å²) in [7, 11) is 3.02. The molecule has 0 aliphatic heterocycles. The Balaban J connectivity index is 3.09. The van der Waals surface area contributed by atoms with Crippen molar-refractivity contribution in [2.75, 3.05) is 20.8 Å². The van der Waals surface area contributed by atoms with Crippen LogP contribution >= 0.6 is 11.6 Å². The molecular formula is C15H23ClN2O4. The van der Waals surface area contributed by atoms with Crippen LogP contribution in [0, 0.1) is 0 Å². The van der Waals surface area contributed by atoms with Crippen molar-refractivity contribution >= 4 is 17.7 Å². The van der Waals surface area contributed by atoms with Crippen molar-refractivity contribution < 1.29 is 19.0 Å². The van der Waals surface area contributed by atoms with Gasteiger partial charge in [0, 0.05) is 23.2 Å². The number of nitrogens with two attached hydrogens (primary N) is 1. The van der Waals surface area contributed by atoms with Gasteiger partial charge in [-0.25, -0.2) is 4.79 Å². The molecule has 124 valence electrons. The Morgan fingerprint density at radius 2 is 1.95 bits per heavy atom. The van der Waals surface area contributed by atoms with Gasteiger partial charge in [0.25, 0.3) is 0 Å². The number of hydrogen-bond donors (Lipinski definition) is 2. The summed E-state index contributed by atoms with van der Waals surface area (Å²) < 4.78 is 15.8. The molecule has 1 atom stereocenters. The average Bonchev–Trinajstić information content (AvgIpc) is 2.41. The quantitative estimate of drug-likeness (QED) is 0.867. The Morgan fingerprint density at radius 3 is 2.41 bits per heavy atom. The summed E-state index contributed by atoms with van der Waals surface area (Å²) in [5, 5.41) is 3.17. The fraction of sp³-hybridized carbons (Fsp3) is 0.533. The van der Waals surface area contributed by atoms with E-state index in [1.165, 1.54) is 14.2 Å². The number of ether oxygens (including phenoxy) is 3. The number of carbonyl (C=O) groups excluding carboxylic acids is 1. The molecule has 0 fully saturated rings. The number of nitrogens with one attached hydrogen (secondary N) is 1. The van der Waals surface area contributed by atoms with E-state index in [1.54, 1.807) is 32.9 Å². The molecule has 0 aromatic heterocycles. The highest BCUT2D eigenvalue weighted by Gasteiger charge is 2.24. The molecule has 0 radical (unpaired) electrons. The number of benzene rings is 1. The Hall–Kier alpha value is -1.66. The predicted octanol–water partition coefficient (Wildman–Crippen LogP) is 2.88. The first-order valence-corrected chi connectivity index (χ1v) is 7.20. The van der Waals surface area contributed by atoms with Crippen LogP contribution in [-0.2, 0) is 4.74 Å². The Labute approximate surface area is 135 Å². The smallest absolute Gasteiger partial charge is 0.408 e. The summed E-state index contributed by atoms with van der Waals surface area (Å²) in [5.74, 6) is 0.938. The number of halogens is 1. The zero-order valence-corrected chi connectivity index (χ0v) is 14.3. The molecule has 0 saturated heterocycles. The van der Waals surface area contributed by atoms with E-state index in [0.29, 0.717) is 22.1 Å². The van der Waals surface area contributed by atoms with E-state index in [9.17, 15) is 4.79 Å². The minimum Gasteiger partial charge on any atom is -0.493 e. The largest absolute Gasteiger partial charge is 0.493 e. The molecule has 1 aromatic carbocycles. The molecule has 1 aromatic rings. The fourth-order valence-electron chi connectivity index (χ4n) is 1.93. The van der Waals surface area contributed by atoms with Gasteiger partial charge in [-0.15, -0.1) is 0 Å². The topological polar surface area (TPSA) is 82.8 Å². The van der Waals surface area contributed by atoms with Crippen LogP contribution in [0.4, 0.5) is 4.79 Å². The monoisotopic (exact) mass is 330 g/mol. The third kappa shape index (κ3) is 4.96. The fourth-order valence-corrected chi connectivity index (χ4v) is 2.15. The summed E-state index contributed by atoms with van der Waals surface area (Å²) in [6.07, 6.45) is -0.566. The van der Waals surface area contributed by atoms with E-state index in [1.807, 2.05) is 0 Å². The number of rotatable bonds is 5. The Kier molecular flexibility index (Phi) is 6.32. The van der Waals surface area contributed by atoms with Gasteiger partial charge >= 0.3 is 6.09 Å². The van der Waals surface area contributed by atoms with Crippen molar-refractivity contribution in [1.82, 2.24) is 5.32 Å². The second-order valence-electron chi connectivity index (χ2n) is 5.67. The summed E-state index contributed by atoms with van der Waals surface area (Å²) in [6.45, 7) is 5.51. The van der Waals surface area contributed by atoms with Crippen molar-refractivity contribution in [3.05, 3.63) is 22.7 Å². The van der Waals surface area contributed by atoms with Crippen molar-refractivity contribution in [2.45, 2.75) is 32.4 Å². The van der Waals surface area contributed by atoms with Gasteiger partial charge in [0.2, 0.25) is 0 Å². The Bertz CT molecular complexity index is 529. The minimum atomic E-state index is -0.598. The lowest BCUT2D eigenvalue weighted by Crippen LogP contribution is -2.38. The summed E-state index contributed by atoms with van der Waals surface area (Å²) in [4.78, 5) is 11.9. The zero-order valence-electron chi connectivity index (χ0n) is 13.5. The highest BCUT2D eigenvalue weighted by Crippen LogP contribution is 2.37. The number of amides is 1. The summed E-state index contributed by atoms with van der Waals surface area (Å²) in [5.41, 5.74) is 5.80. The number of methoxy groups -OCH3 is 2. The standard InChI is InChI=1S/C15H23ClN2O4/c1-15(2,3)22-14(19)18-11(8-17)10-6-9(16)7-12(20-4)13(10)21-5/h6-7,11H,8,17H2,1-5H3,(H,18,19). The van der Waals surface area contributed by atoms with Crippen LogP contribution in [0.2, 0.25) is 5.02 Å². The van der Waals surface area contributed by atoms with Crippen LogP contribution in [0.3, 0.4) is 0 Å². The van der Waals surface area contributed by atoms with Gasteiger partial charge in [-0.3, -0.25) is 0 Å². The van der Waals surface area contributed by atoms with Crippen molar-refractivity contribution in [3.8, 4) is 11.5 Å². The van der Waals surface area contributed by atoms with Crippen LogP contribution in [-0.4, -0.2) is 32.5 Å². The van der Waals surface area contributed by atoms with Crippen LogP contribution in [0.1, 0.15) is 32.4 Å². The van der Waals surface area contributed by atoms with Crippen molar-refractivity contribution in [1.29, 1.82) is 0 Å². The SMILES string of the molecule is COc1cc(Cl)cc(C(CN)NC(=O)OC(C)(C)C)c1OC. The molecule has 0 aliphatic rings. The lowest BCUT2D eigenvalue weighted by Gasteiger charge is -2.24. The van der Waals surface area contributed by atoms with Gasteiger partial charge in [0.15, 0.2) is 11.5 Å². The first-order valence-electron chi connectivity index (χ1n) is 6.82. The van der Waals surface area contributed by atoms with Gasteiger partial charge in [-0.1, -0.05) is 11.6 Å². The number of alkyl carbamates (subject to hydrolysis) is 1. The zero-order chi connectivity index (χ0) is 16.9. The van der Waals surface area contributed by atoms with E-state index in [-0.39, 0.29) is 6.54 Å². The van der Waals surface area contributed by atoms with Gasteiger partial charge in [0.05, 0.1) is 20.3 Å². The van der Waals surface area contributed by atoms with Crippen molar-refractivity contribution in [3.63, 3.8) is 0 Å². The maximum atomic E-state index is 11.9. The van der Waals surface area contributed by atoms with E-state index in [4.69, 9.17) is 31.5 Å². The van der Waals surface area contributed by atoms with Crippen LogP contribution in [0.25, 0.3) is 0 Å². The molecular weight excluding hydrogens is 308 g/mol. The number of hydrogen-bond acceptors (Lipinski definition) is 5. The second kappa shape index (κ2) is 7.56. The maximum Gasteiger partial charge on any atom is 0.408 e. The van der Waals surface area contributed by atoms with Gasteiger partial charge in [-0.2, -0.15) is 0 Å². The maximum absolute atomic E-state index is 11.9. The van der Waals surface area contributed by atoms with Gasteiger partial charge in [-0.05, 0) is 26.8 Å². The minimum absolute atomic E-state index is 0.152.